The normalized spacial score (nSPS) is 11.6. The van der Waals surface area contributed by atoms with Gasteiger partial charge in [0.1, 0.15) is 5.71 Å². The average molecular weight is 327 g/mol. The van der Waals surface area contributed by atoms with Gasteiger partial charge in [-0.3, -0.25) is 10.1 Å². The summed E-state index contributed by atoms with van der Waals surface area (Å²) in [6.07, 6.45) is 2.11. The molecule has 0 unspecified atom stereocenters. The van der Waals surface area contributed by atoms with Gasteiger partial charge in [0.05, 0.1) is 11.5 Å². The molecular weight excluding hydrogens is 314 g/mol. The third kappa shape index (κ3) is 3.27. The SMILES string of the molecule is O=[N+]([O-])c1ccc(Cn2nnnc2/C(Cc2ccc[nH]2)=N\O)cc1. The van der Waals surface area contributed by atoms with E-state index < -0.39 is 4.92 Å². The van der Waals surface area contributed by atoms with Crippen molar-refractivity contribution in [3.8, 4) is 0 Å². The van der Waals surface area contributed by atoms with E-state index in [0.717, 1.165) is 11.3 Å². The van der Waals surface area contributed by atoms with E-state index in [1.165, 1.54) is 16.8 Å². The van der Waals surface area contributed by atoms with Crippen molar-refractivity contribution in [2.45, 2.75) is 13.0 Å². The van der Waals surface area contributed by atoms with Crippen molar-refractivity contribution in [1.29, 1.82) is 0 Å². The molecule has 3 rings (SSSR count). The third-order valence-corrected chi connectivity index (χ3v) is 3.41. The Bertz CT molecular complexity index is 853. The van der Waals surface area contributed by atoms with Gasteiger partial charge in [-0.1, -0.05) is 17.3 Å². The summed E-state index contributed by atoms with van der Waals surface area (Å²) in [7, 11) is 0. The van der Waals surface area contributed by atoms with Crippen molar-refractivity contribution >= 4 is 11.4 Å². The molecule has 122 valence electrons. The zero-order valence-corrected chi connectivity index (χ0v) is 12.4. The number of nitrogens with one attached hydrogen (secondary N) is 1. The Balaban J connectivity index is 1.80. The maximum Gasteiger partial charge on any atom is 0.269 e. The van der Waals surface area contributed by atoms with Gasteiger partial charge in [-0.15, -0.1) is 5.10 Å². The molecule has 0 aliphatic carbocycles. The highest BCUT2D eigenvalue weighted by atomic mass is 16.6. The van der Waals surface area contributed by atoms with E-state index in [9.17, 15) is 15.3 Å². The number of aromatic nitrogens is 5. The number of nitro groups is 1. The van der Waals surface area contributed by atoms with Crippen LogP contribution in [0.4, 0.5) is 5.69 Å². The maximum atomic E-state index is 10.7. The monoisotopic (exact) mass is 327 g/mol. The molecular formula is C14H13N7O3. The second-order valence-corrected chi connectivity index (χ2v) is 5.00. The van der Waals surface area contributed by atoms with E-state index in [1.54, 1.807) is 18.3 Å². The lowest BCUT2D eigenvalue weighted by molar-refractivity contribution is -0.384. The highest BCUT2D eigenvalue weighted by Crippen LogP contribution is 2.13. The van der Waals surface area contributed by atoms with E-state index >= 15 is 0 Å². The van der Waals surface area contributed by atoms with E-state index in [2.05, 4.69) is 25.7 Å². The summed E-state index contributed by atoms with van der Waals surface area (Å²) in [5.41, 5.74) is 1.96. The van der Waals surface area contributed by atoms with Gasteiger partial charge >= 0.3 is 0 Å². The van der Waals surface area contributed by atoms with Gasteiger partial charge in [-0.05, 0) is 28.1 Å². The Morgan fingerprint density at radius 3 is 2.75 bits per heavy atom. The molecule has 0 saturated carbocycles. The fourth-order valence-electron chi connectivity index (χ4n) is 2.23. The third-order valence-electron chi connectivity index (χ3n) is 3.41. The Labute approximate surface area is 135 Å². The number of rotatable bonds is 6. The van der Waals surface area contributed by atoms with Crippen molar-refractivity contribution in [1.82, 2.24) is 25.2 Å². The van der Waals surface area contributed by atoms with Crippen LogP contribution in [0.3, 0.4) is 0 Å². The summed E-state index contributed by atoms with van der Waals surface area (Å²) >= 11 is 0. The van der Waals surface area contributed by atoms with Gasteiger partial charge in [-0.2, -0.15) is 0 Å². The van der Waals surface area contributed by atoms with Crippen molar-refractivity contribution in [3.05, 3.63) is 69.8 Å². The van der Waals surface area contributed by atoms with Gasteiger partial charge in [0, 0.05) is 30.4 Å². The second kappa shape index (κ2) is 6.69. The van der Waals surface area contributed by atoms with Crippen molar-refractivity contribution in [3.63, 3.8) is 0 Å². The Morgan fingerprint density at radius 2 is 2.12 bits per heavy atom. The van der Waals surface area contributed by atoms with E-state index in [1.807, 2.05) is 12.1 Å². The summed E-state index contributed by atoms with van der Waals surface area (Å²) < 4.78 is 1.47. The molecule has 2 aromatic heterocycles. The Morgan fingerprint density at radius 1 is 1.33 bits per heavy atom. The van der Waals surface area contributed by atoms with Crippen LogP contribution in [0.5, 0.6) is 0 Å². The molecule has 3 aromatic rings. The fraction of sp³-hybridized carbons (Fsp3) is 0.143. The minimum Gasteiger partial charge on any atom is -0.411 e. The van der Waals surface area contributed by atoms with Gasteiger partial charge in [0.2, 0.25) is 5.82 Å². The molecule has 0 spiro atoms. The van der Waals surface area contributed by atoms with Crippen molar-refractivity contribution < 1.29 is 10.1 Å². The summed E-state index contributed by atoms with van der Waals surface area (Å²) in [5, 5.41) is 34.6. The van der Waals surface area contributed by atoms with Crippen LogP contribution in [-0.2, 0) is 13.0 Å². The zero-order valence-electron chi connectivity index (χ0n) is 12.4. The Kier molecular flexibility index (Phi) is 4.27. The Hall–Kier alpha value is -3.56. The molecule has 0 fully saturated rings. The van der Waals surface area contributed by atoms with E-state index in [-0.39, 0.29) is 5.69 Å². The number of nitrogens with zero attached hydrogens (tertiary/aromatic N) is 6. The molecule has 10 heteroatoms. The molecule has 0 atom stereocenters. The van der Waals surface area contributed by atoms with Crippen LogP contribution in [0.1, 0.15) is 17.1 Å². The van der Waals surface area contributed by atoms with Crippen molar-refractivity contribution in [2.24, 2.45) is 5.16 Å². The average Bonchev–Trinajstić information content (AvgIpc) is 3.25. The van der Waals surface area contributed by atoms with Crippen LogP contribution >= 0.6 is 0 Å². The van der Waals surface area contributed by atoms with Crippen molar-refractivity contribution in [2.75, 3.05) is 0 Å². The van der Waals surface area contributed by atoms with Crippen LogP contribution in [0, 0.1) is 10.1 Å². The number of non-ortho nitro benzene ring substituents is 1. The molecule has 2 N–H and O–H groups in total. The van der Waals surface area contributed by atoms with Gasteiger partial charge in [0.25, 0.3) is 5.69 Å². The molecule has 0 amide bonds. The first kappa shape index (κ1) is 15.3. The van der Waals surface area contributed by atoms with E-state index in [0.29, 0.717) is 24.5 Å². The molecule has 0 radical (unpaired) electrons. The summed E-state index contributed by atoms with van der Waals surface area (Å²) in [4.78, 5) is 13.2. The molecule has 10 nitrogen and oxygen atoms in total. The lowest BCUT2D eigenvalue weighted by Gasteiger charge is -2.06. The van der Waals surface area contributed by atoms with Gasteiger partial charge < -0.3 is 10.2 Å². The topological polar surface area (TPSA) is 135 Å². The molecule has 1 aromatic carbocycles. The lowest BCUT2D eigenvalue weighted by atomic mass is 10.2. The van der Waals surface area contributed by atoms with Crippen LogP contribution < -0.4 is 0 Å². The first-order valence-corrected chi connectivity index (χ1v) is 7.00. The first-order chi connectivity index (χ1) is 11.7. The number of benzene rings is 1. The second-order valence-electron chi connectivity index (χ2n) is 5.00. The highest BCUT2D eigenvalue weighted by Gasteiger charge is 2.16. The minimum absolute atomic E-state index is 0.0139. The number of aromatic amines is 1. The number of nitro benzene ring substituents is 1. The standard InChI is InChI=1S/C14H13N7O3/c22-17-13(8-11-2-1-7-15-11)14-16-18-19-20(14)9-10-3-5-12(6-4-10)21(23)24/h1-7,15,22H,8-9H2/b17-13-. The first-order valence-electron chi connectivity index (χ1n) is 7.00. The summed E-state index contributed by atoms with van der Waals surface area (Å²) in [5.74, 6) is 0.324. The number of oxime groups is 1. The molecule has 0 bridgehead atoms. The highest BCUT2D eigenvalue weighted by molar-refractivity contribution is 5.98. The minimum atomic E-state index is -0.459. The number of H-pyrrole nitrogens is 1. The molecule has 24 heavy (non-hydrogen) atoms. The molecule has 2 heterocycles. The predicted molar refractivity (Wildman–Crippen MR) is 82.8 cm³/mol. The summed E-state index contributed by atoms with van der Waals surface area (Å²) in [6.45, 7) is 0.296. The predicted octanol–water partition coefficient (Wildman–Crippen LogP) is 1.38. The number of tetrazole rings is 1. The maximum absolute atomic E-state index is 10.7. The number of hydrogen-bond acceptors (Lipinski definition) is 7. The van der Waals surface area contributed by atoms with Crippen LogP contribution in [0.15, 0.2) is 47.8 Å². The number of hydrogen-bond donors (Lipinski definition) is 2. The van der Waals surface area contributed by atoms with Crippen LogP contribution in [-0.4, -0.2) is 41.0 Å². The van der Waals surface area contributed by atoms with Gasteiger partial charge in [-0.25, -0.2) is 4.68 Å². The quantitative estimate of drug-likeness (QED) is 0.304. The van der Waals surface area contributed by atoms with E-state index in [4.69, 9.17) is 0 Å². The van der Waals surface area contributed by atoms with Crippen LogP contribution in [0.25, 0.3) is 0 Å². The molecule has 0 aliphatic heterocycles. The largest absolute Gasteiger partial charge is 0.411 e. The lowest BCUT2D eigenvalue weighted by Crippen LogP contribution is -2.16. The summed E-state index contributed by atoms with van der Waals surface area (Å²) in [6, 6.07) is 9.78. The smallest absolute Gasteiger partial charge is 0.269 e. The zero-order chi connectivity index (χ0) is 16.9. The fourth-order valence-corrected chi connectivity index (χ4v) is 2.23. The molecule has 0 saturated heterocycles. The molecule has 0 aliphatic rings. The van der Waals surface area contributed by atoms with Gasteiger partial charge in [0.15, 0.2) is 0 Å². The van der Waals surface area contributed by atoms with Crippen LogP contribution in [0.2, 0.25) is 0 Å².